The summed E-state index contributed by atoms with van der Waals surface area (Å²) in [5.41, 5.74) is 18.3. The minimum Gasteiger partial charge on any atom is -1.00 e. The molecule has 2 nitrogen and oxygen atoms in total. The second-order valence-corrected chi connectivity index (χ2v) is 21.6. The summed E-state index contributed by atoms with van der Waals surface area (Å²) in [6.07, 6.45) is 17.5. The van der Waals surface area contributed by atoms with Crippen LogP contribution in [0.5, 0.6) is 0 Å². The molecule has 0 fully saturated rings. The van der Waals surface area contributed by atoms with Gasteiger partial charge >= 0.3 is 374 Å². The molecule has 0 radical (unpaired) electrons. The molecule has 8 aromatic rings. The zero-order valence-electron chi connectivity index (χ0n) is 38.6. The van der Waals surface area contributed by atoms with Gasteiger partial charge < -0.3 is 24.8 Å². The summed E-state index contributed by atoms with van der Waals surface area (Å²) < 4.78 is 14.3. The maximum atomic E-state index is 6.88. The summed E-state index contributed by atoms with van der Waals surface area (Å²) in [6.45, 7) is 4.56. The van der Waals surface area contributed by atoms with E-state index in [2.05, 4.69) is 196 Å². The van der Waals surface area contributed by atoms with Crippen molar-refractivity contribution in [3.8, 4) is 44.9 Å². The van der Waals surface area contributed by atoms with Crippen molar-refractivity contribution in [2.75, 3.05) is 0 Å². The van der Waals surface area contributed by atoms with Gasteiger partial charge in [-0.1, -0.05) is 26.7 Å². The Bertz CT molecular complexity index is 2720. The van der Waals surface area contributed by atoms with E-state index in [1.165, 1.54) is 118 Å². The number of benzene rings is 6. The molecule has 67 heavy (non-hydrogen) atoms. The zero-order chi connectivity index (χ0) is 44.0. The molecule has 2 unspecified atom stereocenters. The van der Waals surface area contributed by atoms with Crippen LogP contribution in [0.2, 0.25) is 0 Å². The standard InChI is InChI=1S/2C31H29O.2ClH.Zr/c2*1-2-3-4-6-10-23-15-17-24(18-16-23)28-14-9-13-26-21-27(22-29(26)28)31-20-19-30(32-31)25-11-7-5-8-12-25;;;/h2*5,7-9,11-22H,2-4,6,10H2,1H3;2*1H;/q;;;;+2/p-2. The van der Waals surface area contributed by atoms with Crippen LogP contribution in [-0.2, 0) is 36.1 Å². The predicted molar refractivity (Wildman–Crippen MR) is 269 cm³/mol. The van der Waals surface area contributed by atoms with E-state index in [0.29, 0.717) is 0 Å². The van der Waals surface area contributed by atoms with E-state index >= 15 is 0 Å². The van der Waals surface area contributed by atoms with Gasteiger partial charge in [-0.25, -0.2) is 0 Å². The smallest absolute Gasteiger partial charge is 1.00 e. The molecule has 0 aliphatic heterocycles. The van der Waals surface area contributed by atoms with Crippen molar-refractivity contribution in [2.45, 2.75) is 85.3 Å². The molecule has 0 saturated carbocycles. The normalized spacial score (nSPS) is 14.6. The molecule has 336 valence electrons. The van der Waals surface area contributed by atoms with Crippen molar-refractivity contribution in [3.05, 3.63) is 215 Å². The first-order chi connectivity index (χ1) is 32.1. The molecular formula is C62H58Cl2O2Zr. The van der Waals surface area contributed by atoms with E-state index in [1.807, 2.05) is 0 Å². The summed E-state index contributed by atoms with van der Waals surface area (Å²) >= 11 is -1.46. The minimum absolute atomic E-state index is 0. The van der Waals surface area contributed by atoms with E-state index in [4.69, 9.17) is 8.83 Å². The molecule has 0 bridgehead atoms. The quantitative estimate of drug-likeness (QED) is 0.0801. The van der Waals surface area contributed by atoms with E-state index < -0.39 is 23.2 Å². The molecule has 2 aliphatic rings. The molecule has 10 rings (SSSR count). The summed E-state index contributed by atoms with van der Waals surface area (Å²) in [6, 6.07) is 62.6. The molecule has 0 amide bonds. The predicted octanol–water partition coefficient (Wildman–Crippen LogP) is 11.8. The fraction of sp³-hybridized carbons (Fsp3) is 0.226. The molecule has 2 aliphatic carbocycles. The SMILES string of the molecule is CCCCCCc1ccc(-c2cccc3c2C=C(c2ccc(-c4ccccc4)o2)[CH]3[Zr+2][CH]2C(c3ccc(-c4ccccc4)o3)=Cc3c(-c4ccc(CCCCCC)cc4)cccc32)cc1.[Cl-].[Cl-]. The number of halogens is 2. The van der Waals surface area contributed by atoms with Crippen LogP contribution in [0, 0.1) is 0 Å². The third-order valence-electron chi connectivity index (χ3n) is 13.5. The van der Waals surface area contributed by atoms with Crippen molar-refractivity contribution in [2.24, 2.45) is 0 Å². The van der Waals surface area contributed by atoms with E-state index in [0.717, 1.165) is 47.0 Å². The van der Waals surface area contributed by atoms with E-state index in [9.17, 15) is 0 Å². The number of unbranched alkanes of at least 4 members (excludes halogenated alkanes) is 6. The first-order valence-electron chi connectivity index (χ1n) is 24.1. The van der Waals surface area contributed by atoms with Crippen LogP contribution in [0.4, 0.5) is 0 Å². The number of aryl methyl sites for hydroxylation is 2. The van der Waals surface area contributed by atoms with Gasteiger partial charge in [0.2, 0.25) is 0 Å². The van der Waals surface area contributed by atoms with Crippen LogP contribution < -0.4 is 24.8 Å². The molecular weight excluding hydrogens is 939 g/mol. The molecule has 0 spiro atoms. The number of rotatable bonds is 18. The van der Waals surface area contributed by atoms with Crippen molar-refractivity contribution < 1.29 is 56.9 Å². The van der Waals surface area contributed by atoms with Gasteiger partial charge in [0.1, 0.15) is 0 Å². The Morgan fingerprint density at radius 1 is 0.373 bits per heavy atom. The maximum absolute atomic E-state index is 6.88. The van der Waals surface area contributed by atoms with Crippen LogP contribution in [0.3, 0.4) is 0 Å². The maximum Gasteiger partial charge on any atom is -1.00 e. The molecule has 2 aromatic heterocycles. The molecule has 6 aromatic carbocycles. The van der Waals surface area contributed by atoms with Gasteiger partial charge in [-0.15, -0.1) is 0 Å². The Hall–Kier alpha value is -5.18. The third-order valence-corrected chi connectivity index (χ3v) is 18.2. The number of hydrogen-bond acceptors (Lipinski definition) is 2. The summed E-state index contributed by atoms with van der Waals surface area (Å²) in [5, 5.41) is 0. The van der Waals surface area contributed by atoms with Crippen molar-refractivity contribution in [3.63, 3.8) is 0 Å². The topological polar surface area (TPSA) is 26.3 Å². The Balaban J connectivity index is 0.00000304. The van der Waals surface area contributed by atoms with Crippen LogP contribution in [-0.4, -0.2) is 0 Å². The Labute approximate surface area is 422 Å². The zero-order valence-corrected chi connectivity index (χ0v) is 42.6. The van der Waals surface area contributed by atoms with Gasteiger partial charge in [-0.3, -0.25) is 0 Å². The van der Waals surface area contributed by atoms with Gasteiger partial charge in [0.05, 0.1) is 0 Å². The molecule has 0 N–H and O–H groups in total. The summed E-state index contributed by atoms with van der Waals surface area (Å²) in [5.74, 6) is 3.75. The van der Waals surface area contributed by atoms with Crippen molar-refractivity contribution in [1.82, 2.24) is 0 Å². The van der Waals surface area contributed by atoms with Gasteiger partial charge in [-0.2, -0.15) is 0 Å². The van der Waals surface area contributed by atoms with Gasteiger partial charge in [0.15, 0.2) is 0 Å². The summed E-state index contributed by atoms with van der Waals surface area (Å²) in [7, 11) is 0. The second kappa shape index (κ2) is 22.7. The number of fused-ring (bicyclic) bond motifs is 2. The van der Waals surface area contributed by atoms with E-state index in [-0.39, 0.29) is 32.1 Å². The van der Waals surface area contributed by atoms with Gasteiger partial charge in [0.25, 0.3) is 0 Å². The Kier molecular flexibility index (Phi) is 16.4. The fourth-order valence-corrected chi connectivity index (χ4v) is 14.9. The second-order valence-electron chi connectivity index (χ2n) is 17.9. The number of allylic oxidation sites excluding steroid dienone is 2. The first-order valence-corrected chi connectivity index (χ1v) is 26.9. The molecule has 5 heteroatoms. The van der Waals surface area contributed by atoms with Gasteiger partial charge in [-0.05, 0) is 0 Å². The molecule has 2 heterocycles. The monoisotopic (exact) mass is 994 g/mol. The molecule has 2 atom stereocenters. The molecule has 0 saturated heterocycles. The number of furan rings is 2. The van der Waals surface area contributed by atoms with Crippen molar-refractivity contribution >= 4 is 23.3 Å². The fourth-order valence-electron chi connectivity index (χ4n) is 9.98. The third kappa shape index (κ3) is 10.6. The van der Waals surface area contributed by atoms with Crippen LogP contribution in [0.1, 0.15) is 117 Å². The van der Waals surface area contributed by atoms with Crippen molar-refractivity contribution in [1.29, 1.82) is 0 Å². The minimum atomic E-state index is -1.46. The van der Waals surface area contributed by atoms with E-state index in [1.54, 1.807) is 0 Å². The van der Waals surface area contributed by atoms with Crippen LogP contribution in [0.15, 0.2) is 179 Å². The Morgan fingerprint density at radius 2 is 0.776 bits per heavy atom. The largest absolute Gasteiger partial charge is 1.00 e. The van der Waals surface area contributed by atoms with Crippen LogP contribution >= 0.6 is 0 Å². The average Bonchev–Trinajstić information content (AvgIpc) is 4.19. The van der Waals surface area contributed by atoms with Gasteiger partial charge in [0, 0.05) is 0 Å². The Morgan fingerprint density at radius 3 is 1.18 bits per heavy atom. The average molecular weight is 997 g/mol. The summed E-state index contributed by atoms with van der Waals surface area (Å²) in [4.78, 5) is 0. The first kappa shape index (κ1) is 48.3. The van der Waals surface area contributed by atoms with Crippen LogP contribution in [0.25, 0.3) is 68.2 Å². The number of hydrogen-bond donors (Lipinski definition) is 0.